The van der Waals surface area contributed by atoms with Crippen LogP contribution in [0.3, 0.4) is 0 Å². The van der Waals surface area contributed by atoms with Crippen molar-refractivity contribution in [1.82, 2.24) is 20.2 Å². The van der Waals surface area contributed by atoms with Gasteiger partial charge in [-0.15, -0.1) is 0 Å². The molecule has 1 aromatic carbocycles. The molecule has 1 N–H and O–H groups in total. The van der Waals surface area contributed by atoms with Gasteiger partial charge in [0.05, 0.1) is 20.0 Å². The van der Waals surface area contributed by atoms with E-state index in [4.69, 9.17) is 21.1 Å². The number of anilines is 1. The lowest BCUT2D eigenvalue weighted by molar-refractivity contribution is -0.139. The first kappa shape index (κ1) is 29.3. The third-order valence-corrected chi connectivity index (χ3v) is 8.41. The molecule has 0 bridgehead atoms. The largest absolute Gasteiger partial charge is 0.493 e. The first-order chi connectivity index (χ1) is 18.9. The Morgan fingerprint density at radius 2 is 1.85 bits per heavy atom. The van der Waals surface area contributed by atoms with Crippen LogP contribution in [0.15, 0.2) is 29.4 Å². The zero-order chi connectivity index (χ0) is 27.8. The second-order valence-electron chi connectivity index (χ2n) is 10.1. The smallest absolute Gasteiger partial charge is 0.230 e. The normalized spacial score (nSPS) is 18.1. The molecule has 1 unspecified atom stereocenters. The highest BCUT2D eigenvalue weighted by atomic mass is 35.5. The van der Waals surface area contributed by atoms with Crippen molar-refractivity contribution in [1.29, 1.82) is 0 Å². The van der Waals surface area contributed by atoms with Gasteiger partial charge in [-0.05, 0) is 43.9 Å². The molecule has 1 saturated heterocycles. The predicted octanol–water partition coefficient (Wildman–Crippen LogP) is 4.22. The standard InChI is InChI=1S/C28H38ClN5O4S/c1-19-17-33(13-14-34(19)27(36)21-7-5-4-6-8-21)25-16-24(29)31-28(32-25)39-18-26(35)30-12-11-20-9-10-22(37-2)23(15-20)38-3/h9-10,15-16,19,21H,4-8,11-14,17-18H2,1-3H3,(H,30,35). The third-order valence-electron chi connectivity index (χ3n) is 7.37. The molecule has 1 saturated carbocycles. The molecule has 4 rings (SSSR count). The summed E-state index contributed by atoms with van der Waals surface area (Å²) in [4.78, 5) is 38.7. The van der Waals surface area contributed by atoms with Gasteiger partial charge in [-0.25, -0.2) is 9.97 Å². The Morgan fingerprint density at radius 3 is 2.56 bits per heavy atom. The summed E-state index contributed by atoms with van der Waals surface area (Å²) in [6.07, 6.45) is 6.24. The number of benzene rings is 1. The van der Waals surface area contributed by atoms with E-state index in [1.165, 1.54) is 18.2 Å². The lowest BCUT2D eigenvalue weighted by atomic mass is 9.88. The van der Waals surface area contributed by atoms with Gasteiger partial charge in [0.15, 0.2) is 16.7 Å². The van der Waals surface area contributed by atoms with E-state index in [0.29, 0.717) is 60.3 Å². The molecule has 2 aromatic rings. The van der Waals surface area contributed by atoms with Crippen LogP contribution >= 0.6 is 23.4 Å². The quantitative estimate of drug-likeness (QED) is 0.256. The number of hydrogen-bond donors (Lipinski definition) is 1. The molecule has 2 heterocycles. The predicted molar refractivity (Wildman–Crippen MR) is 154 cm³/mol. The Labute approximate surface area is 240 Å². The second-order valence-corrected chi connectivity index (χ2v) is 11.4. The summed E-state index contributed by atoms with van der Waals surface area (Å²) in [5.74, 6) is 2.62. The van der Waals surface area contributed by atoms with Crippen molar-refractivity contribution in [3.63, 3.8) is 0 Å². The molecule has 1 aliphatic heterocycles. The molecule has 1 atom stereocenters. The number of nitrogens with zero attached hydrogens (tertiary/aromatic N) is 4. The van der Waals surface area contributed by atoms with Crippen molar-refractivity contribution < 1.29 is 19.1 Å². The Hall–Kier alpha value is -2.72. The summed E-state index contributed by atoms with van der Waals surface area (Å²) < 4.78 is 10.6. The first-order valence-corrected chi connectivity index (χ1v) is 14.9. The topological polar surface area (TPSA) is 96.9 Å². The minimum absolute atomic E-state index is 0.0921. The van der Waals surface area contributed by atoms with E-state index in [9.17, 15) is 9.59 Å². The fourth-order valence-corrected chi connectivity index (χ4v) is 6.16. The fraction of sp³-hybridized carbons (Fsp3) is 0.571. The van der Waals surface area contributed by atoms with Gasteiger partial charge < -0.3 is 24.6 Å². The number of methoxy groups -OCH3 is 2. The Bertz CT molecular complexity index is 1150. The lowest BCUT2D eigenvalue weighted by Crippen LogP contribution is -2.55. The second kappa shape index (κ2) is 14.1. The van der Waals surface area contributed by atoms with Gasteiger partial charge in [0.2, 0.25) is 11.8 Å². The van der Waals surface area contributed by atoms with E-state index in [1.54, 1.807) is 20.3 Å². The number of nitrogens with one attached hydrogen (secondary N) is 1. The average molecular weight is 576 g/mol. The van der Waals surface area contributed by atoms with Gasteiger partial charge in [-0.2, -0.15) is 0 Å². The fourth-order valence-electron chi connectivity index (χ4n) is 5.25. The van der Waals surface area contributed by atoms with Crippen LogP contribution in [0.5, 0.6) is 11.5 Å². The maximum absolute atomic E-state index is 13.1. The highest BCUT2D eigenvalue weighted by Crippen LogP contribution is 2.29. The minimum atomic E-state index is -0.103. The third kappa shape index (κ3) is 7.91. The molecular formula is C28H38ClN5O4S. The number of rotatable bonds is 10. The molecule has 39 heavy (non-hydrogen) atoms. The zero-order valence-corrected chi connectivity index (χ0v) is 24.5. The van der Waals surface area contributed by atoms with E-state index in [1.807, 2.05) is 23.1 Å². The van der Waals surface area contributed by atoms with Crippen molar-refractivity contribution in [2.24, 2.45) is 5.92 Å². The van der Waals surface area contributed by atoms with E-state index in [2.05, 4.69) is 27.1 Å². The average Bonchev–Trinajstić information content (AvgIpc) is 2.95. The number of thioether (sulfide) groups is 1. The molecule has 2 fully saturated rings. The van der Waals surface area contributed by atoms with E-state index < -0.39 is 0 Å². The number of ether oxygens (including phenoxy) is 2. The van der Waals surface area contributed by atoms with Crippen LogP contribution in [0.4, 0.5) is 5.82 Å². The van der Waals surface area contributed by atoms with Crippen LogP contribution < -0.4 is 19.7 Å². The van der Waals surface area contributed by atoms with Crippen LogP contribution in [-0.2, 0) is 16.0 Å². The molecule has 9 nitrogen and oxygen atoms in total. The van der Waals surface area contributed by atoms with Gasteiger partial charge in [0.1, 0.15) is 11.0 Å². The SMILES string of the molecule is COc1ccc(CCNC(=O)CSc2nc(Cl)cc(N3CCN(C(=O)C4CCCCC4)C(C)C3)n2)cc1OC. The van der Waals surface area contributed by atoms with Crippen LogP contribution in [0.2, 0.25) is 5.15 Å². The lowest BCUT2D eigenvalue weighted by Gasteiger charge is -2.42. The molecule has 212 valence electrons. The molecule has 2 amide bonds. The van der Waals surface area contributed by atoms with Crippen LogP contribution in [0.1, 0.15) is 44.6 Å². The number of carbonyl (C=O) groups is 2. The summed E-state index contributed by atoms with van der Waals surface area (Å²) in [6, 6.07) is 7.56. The highest BCUT2D eigenvalue weighted by molar-refractivity contribution is 7.99. The highest BCUT2D eigenvalue weighted by Gasteiger charge is 2.33. The minimum Gasteiger partial charge on any atom is -0.493 e. The van der Waals surface area contributed by atoms with Gasteiger partial charge in [0, 0.05) is 44.2 Å². The maximum atomic E-state index is 13.1. The van der Waals surface area contributed by atoms with Crippen molar-refractivity contribution in [2.75, 3.05) is 51.1 Å². The molecule has 0 spiro atoms. The van der Waals surface area contributed by atoms with Crippen LogP contribution in [0.25, 0.3) is 0 Å². The van der Waals surface area contributed by atoms with Crippen molar-refractivity contribution >= 4 is 41.0 Å². The Kier molecular flexibility index (Phi) is 10.6. The first-order valence-electron chi connectivity index (χ1n) is 13.6. The number of hydrogen-bond acceptors (Lipinski definition) is 8. The van der Waals surface area contributed by atoms with Crippen molar-refractivity contribution in [2.45, 2.75) is 56.6 Å². The Morgan fingerprint density at radius 1 is 1.08 bits per heavy atom. The van der Waals surface area contributed by atoms with E-state index >= 15 is 0 Å². The van der Waals surface area contributed by atoms with Gasteiger partial charge in [0.25, 0.3) is 0 Å². The molecule has 1 aromatic heterocycles. The monoisotopic (exact) mass is 575 g/mol. The molecule has 2 aliphatic rings. The summed E-state index contributed by atoms with van der Waals surface area (Å²) in [6.45, 7) is 4.64. The van der Waals surface area contributed by atoms with Gasteiger partial charge >= 0.3 is 0 Å². The van der Waals surface area contributed by atoms with Crippen molar-refractivity contribution in [3.8, 4) is 11.5 Å². The number of halogens is 1. The molecule has 0 radical (unpaired) electrons. The summed E-state index contributed by atoms with van der Waals surface area (Å²) in [7, 11) is 3.20. The van der Waals surface area contributed by atoms with Crippen molar-refractivity contribution in [3.05, 3.63) is 35.0 Å². The zero-order valence-electron chi connectivity index (χ0n) is 23.0. The molecular weight excluding hydrogens is 538 g/mol. The van der Waals surface area contributed by atoms with Gasteiger partial charge in [-0.3, -0.25) is 9.59 Å². The number of aromatic nitrogens is 2. The van der Waals surface area contributed by atoms with Crippen LogP contribution in [0, 0.1) is 5.92 Å². The summed E-state index contributed by atoms with van der Waals surface area (Å²) >= 11 is 7.58. The van der Waals surface area contributed by atoms with Gasteiger partial charge in [-0.1, -0.05) is 48.7 Å². The van der Waals surface area contributed by atoms with Crippen LogP contribution in [-0.4, -0.2) is 78.9 Å². The van der Waals surface area contributed by atoms with E-state index in [0.717, 1.165) is 37.1 Å². The Balaban J connectivity index is 1.26. The summed E-state index contributed by atoms with van der Waals surface area (Å²) in [5.41, 5.74) is 1.04. The number of piperazine rings is 1. The maximum Gasteiger partial charge on any atom is 0.230 e. The molecule has 1 aliphatic carbocycles. The number of amides is 2. The van der Waals surface area contributed by atoms with E-state index in [-0.39, 0.29) is 23.6 Å². The number of carbonyl (C=O) groups excluding carboxylic acids is 2. The summed E-state index contributed by atoms with van der Waals surface area (Å²) in [5, 5.41) is 3.74. The molecule has 11 heteroatoms.